The van der Waals surface area contributed by atoms with Gasteiger partial charge in [0.05, 0.1) is 18.1 Å². The Morgan fingerprint density at radius 1 is 1.45 bits per heavy atom. The fourth-order valence-electron chi connectivity index (χ4n) is 2.10. The van der Waals surface area contributed by atoms with E-state index in [1.165, 1.54) is 6.07 Å². The highest BCUT2D eigenvalue weighted by molar-refractivity contribution is 5.91. The number of hydrogen-bond donors (Lipinski definition) is 2. The third kappa shape index (κ3) is 3.63. The summed E-state index contributed by atoms with van der Waals surface area (Å²) in [6.45, 7) is 0.623. The van der Waals surface area contributed by atoms with Crippen LogP contribution in [0.4, 0.5) is 24.5 Å². The summed E-state index contributed by atoms with van der Waals surface area (Å²) < 4.78 is 43.3. The van der Waals surface area contributed by atoms with Gasteiger partial charge in [0.2, 0.25) is 5.91 Å². The van der Waals surface area contributed by atoms with Crippen LogP contribution in [0.25, 0.3) is 0 Å². The topological polar surface area (TPSA) is 64.3 Å². The van der Waals surface area contributed by atoms with Gasteiger partial charge >= 0.3 is 6.18 Å². The lowest BCUT2D eigenvalue weighted by Crippen LogP contribution is -2.19. The van der Waals surface area contributed by atoms with Gasteiger partial charge in [-0.25, -0.2) is 0 Å². The molecule has 0 saturated carbocycles. The summed E-state index contributed by atoms with van der Waals surface area (Å²) in [5.74, 6) is -0.366. The lowest BCUT2D eigenvalue weighted by Gasteiger charge is -2.13. The molecule has 1 saturated heterocycles. The predicted octanol–water partition coefficient (Wildman–Crippen LogP) is 2.80. The largest absolute Gasteiger partial charge is 0.418 e. The predicted molar refractivity (Wildman–Crippen MR) is 68.1 cm³/mol. The number of carbonyl (C=O) groups excluding carboxylic acids is 1. The molecule has 0 aliphatic carbocycles. The molecule has 2 rings (SSSR count). The molecule has 4 nitrogen and oxygen atoms in total. The van der Waals surface area contributed by atoms with E-state index in [-0.39, 0.29) is 29.8 Å². The number of hydrogen-bond acceptors (Lipinski definition) is 3. The van der Waals surface area contributed by atoms with Crippen LogP contribution >= 0.6 is 0 Å². The maximum atomic E-state index is 12.7. The molecule has 0 spiro atoms. The second-order valence-electron chi connectivity index (χ2n) is 4.69. The molecule has 1 amide bonds. The van der Waals surface area contributed by atoms with Gasteiger partial charge in [0.15, 0.2) is 0 Å². The van der Waals surface area contributed by atoms with Crippen LogP contribution in [0, 0.1) is 0 Å². The first-order valence-corrected chi connectivity index (χ1v) is 6.24. The molecule has 3 N–H and O–H groups in total. The number of nitrogens with one attached hydrogen (secondary N) is 1. The normalized spacial score (nSPS) is 19.1. The molecule has 0 bridgehead atoms. The summed E-state index contributed by atoms with van der Waals surface area (Å²) in [7, 11) is 0. The van der Waals surface area contributed by atoms with Crippen LogP contribution in [-0.2, 0) is 15.7 Å². The average Bonchev–Trinajstić information content (AvgIpc) is 2.83. The van der Waals surface area contributed by atoms with Crippen molar-refractivity contribution in [3.8, 4) is 0 Å². The van der Waals surface area contributed by atoms with Gasteiger partial charge < -0.3 is 15.8 Å². The van der Waals surface area contributed by atoms with Crippen LogP contribution < -0.4 is 11.1 Å². The lowest BCUT2D eigenvalue weighted by molar-refractivity contribution is -0.137. The van der Waals surface area contributed by atoms with E-state index in [1.807, 2.05) is 0 Å². The monoisotopic (exact) mass is 288 g/mol. The molecule has 1 aliphatic rings. The van der Waals surface area contributed by atoms with Gasteiger partial charge in [-0.2, -0.15) is 13.2 Å². The van der Waals surface area contributed by atoms with Gasteiger partial charge in [0.25, 0.3) is 0 Å². The molecule has 1 aliphatic heterocycles. The number of alkyl halides is 3. The van der Waals surface area contributed by atoms with Crippen LogP contribution in [-0.4, -0.2) is 18.6 Å². The Labute approximate surface area is 114 Å². The zero-order valence-corrected chi connectivity index (χ0v) is 10.7. The molecule has 1 aromatic carbocycles. The van der Waals surface area contributed by atoms with E-state index in [0.717, 1.165) is 25.0 Å². The Morgan fingerprint density at radius 3 is 2.80 bits per heavy atom. The Bertz CT molecular complexity index is 497. The standard InChI is InChI=1S/C13H15F3N2O2/c14-13(15,16)10-6-8(3-4-11(10)17)18-12(19)7-9-2-1-5-20-9/h3-4,6,9H,1-2,5,7,17H2,(H,18,19). The zero-order valence-electron chi connectivity index (χ0n) is 10.7. The molecule has 1 aromatic rings. The van der Waals surface area contributed by atoms with Crippen molar-refractivity contribution in [1.82, 2.24) is 0 Å². The summed E-state index contributed by atoms with van der Waals surface area (Å²) in [4.78, 5) is 11.7. The Hall–Kier alpha value is -1.76. The van der Waals surface area contributed by atoms with Crippen molar-refractivity contribution < 1.29 is 22.7 Å². The van der Waals surface area contributed by atoms with Crippen LogP contribution in [0.3, 0.4) is 0 Å². The number of benzene rings is 1. The molecular formula is C13H15F3N2O2. The number of amides is 1. The summed E-state index contributed by atoms with van der Waals surface area (Å²) in [6.07, 6.45) is -2.85. The molecule has 0 radical (unpaired) electrons. The van der Waals surface area contributed by atoms with Crippen molar-refractivity contribution in [3.63, 3.8) is 0 Å². The maximum Gasteiger partial charge on any atom is 0.418 e. The molecular weight excluding hydrogens is 273 g/mol. The highest BCUT2D eigenvalue weighted by Gasteiger charge is 2.33. The number of carbonyl (C=O) groups is 1. The summed E-state index contributed by atoms with van der Waals surface area (Å²) >= 11 is 0. The number of ether oxygens (including phenoxy) is 1. The minimum atomic E-state index is -4.54. The second-order valence-corrected chi connectivity index (χ2v) is 4.69. The van der Waals surface area contributed by atoms with Gasteiger partial charge in [-0.05, 0) is 31.0 Å². The van der Waals surface area contributed by atoms with E-state index in [0.29, 0.717) is 6.61 Å². The number of nitrogens with two attached hydrogens (primary N) is 1. The second kappa shape index (κ2) is 5.70. The number of halogens is 3. The number of anilines is 2. The van der Waals surface area contributed by atoms with Crippen molar-refractivity contribution in [2.45, 2.75) is 31.5 Å². The van der Waals surface area contributed by atoms with Gasteiger partial charge in [-0.3, -0.25) is 4.79 Å². The molecule has 20 heavy (non-hydrogen) atoms. The number of nitrogen functional groups attached to an aromatic ring is 1. The van der Waals surface area contributed by atoms with E-state index < -0.39 is 11.7 Å². The number of rotatable bonds is 3. The van der Waals surface area contributed by atoms with Crippen LogP contribution in [0.1, 0.15) is 24.8 Å². The average molecular weight is 288 g/mol. The molecule has 1 fully saturated rings. The zero-order chi connectivity index (χ0) is 14.8. The van der Waals surface area contributed by atoms with Crippen molar-refractivity contribution in [1.29, 1.82) is 0 Å². The third-order valence-electron chi connectivity index (χ3n) is 3.08. The van der Waals surface area contributed by atoms with Crippen LogP contribution in [0.2, 0.25) is 0 Å². The fraction of sp³-hybridized carbons (Fsp3) is 0.462. The van der Waals surface area contributed by atoms with Gasteiger partial charge in [0, 0.05) is 18.0 Å². The third-order valence-corrected chi connectivity index (χ3v) is 3.08. The fourth-order valence-corrected chi connectivity index (χ4v) is 2.10. The van der Waals surface area contributed by atoms with E-state index >= 15 is 0 Å². The van der Waals surface area contributed by atoms with Crippen molar-refractivity contribution in [2.75, 3.05) is 17.7 Å². The minimum absolute atomic E-state index is 0.0783. The van der Waals surface area contributed by atoms with Crippen molar-refractivity contribution >= 4 is 17.3 Å². The van der Waals surface area contributed by atoms with Crippen molar-refractivity contribution in [2.24, 2.45) is 0 Å². The lowest BCUT2D eigenvalue weighted by atomic mass is 10.1. The first-order valence-electron chi connectivity index (χ1n) is 6.24. The molecule has 1 atom stereocenters. The molecule has 0 aromatic heterocycles. The van der Waals surface area contributed by atoms with Crippen molar-refractivity contribution in [3.05, 3.63) is 23.8 Å². The maximum absolute atomic E-state index is 12.7. The highest BCUT2D eigenvalue weighted by Crippen LogP contribution is 2.35. The summed E-state index contributed by atoms with van der Waals surface area (Å²) in [5.41, 5.74) is 4.05. The van der Waals surface area contributed by atoms with E-state index in [4.69, 9.17) is 10.5 Å². The van der Waals surface area contributed by atoms with Gasteiger partial charge in [-0.1, -0.05) is 0 Å². The van der Waals surface area contributed by atoms with Gasteiger partial charge in [0.1, 0.15) is 0 Å². The Balaban J connectivity index is 2.04. The molecule has 110 valence electrons. The van der Waals surface area contributed by atoms with E-state index in [1.54, 1.807) is 0 Å². The Morgan fingerprint density at radius 2 is 2.20 bits per heavy atom. The summed E-state index contributed by atoms with van der Waals surface area (Å²) in [5, 5.41) is 2.43. The quantitative estimate of drug-likeness (QED) is 0.841. The minimum Gasteiger partial charge on any atom is -0.398 e. The van der Waals surface area contributed by atoms with E-state index in [9.17, 15) is 18.0 Å². The van der Waals surface area contributed by atoms with Gasteiger partial charge in [-0.15, -0.1) is 0 Å². The SMILES string of the molecule is Nc1ccc(NC(=O)CC2CCCO2)cc1C(F)(F)F. The van der Waals surface area contributed by atoms with Crippen LogP contribution in [0.15, 0.2) is 18.2 Å². The van der Waals surface area contributed by atoms with E-state index in [2.05, 4.69) is 5.32 Å². The summed E-state index contributed by atoms with van der Waals surface area (Å²) in [6, 6.07) is 3.31. The smallest absolute Gasteiger partial charge is 0.398 e. The molecule has 1 heterocycles. The highest BCUT2D eigenvalue weighted by atomic mass is 19.4. The molecule has 1 unspecified atom stereocenters. The van der Waals surface area contributed by atoms with Crippen LogP contribution in [0.5, 0.6) is 0 Å². The molecule has 7 heteroatoms. The first-order chi connectivity index (χ1) is 9.36. The first kappa shape index (κ1) is 14.6. The Kier molecular flexibility index (Phi) is 4.17.